The number of carbonyl (C=O) groups is 2. The van der Waals surface area contributed by atoms with E-state index in [9.17, 15) is 9.59 Å². The fraction of sp³-hybridized carbons (Fsp3) is 0.474. The van der Waals surface area contributed by atoms with Crippen LogP contribution < -0.4 is 15.4 Å². The van der Waals surface area contributed by atoms with Crippen LogP contribution >= 0.6 is 0 Å². The molecule has 3 amide bonds. The van der Waals surface area contributed by atoms with Gasteiger partial charge in [-0.3, -0.25) is 15.0 Å². The zero-order valence-corrected chi connectivity index (χ0v) is 14.6. The Balaban J connectivity index is 1.59. The van der Waals surface area contributed by atoms with Gasteiger partial charge in [0.05, 0.1) is 0 Å². The highest BCUT2D eigenvalue weighted by atomic mass is 16.5. The zero-order valence-electron chi connectivity index (χ0n) is 14.6. The van der Waals surface area contributed by atoms with Crippen LogP contribution in [0.1, 0.15) is 25.3 Å². The van der Waals surface area contributed by atoms with Gasteiger partial charge in [-0.15, -0.1) is 0 Å². The Hall–Kier alpha value is -2.34. The second-order valence-electron chi connectivity index (χ2n) is 6.87. The maximum Gasteiger partial charge on any atom is 0.322 e. The first-order valence-corrected chi connectivity index (χ1v) is 8.70. The molecule has 3 rings (SSSR count). The lowest BCUT2D eigenvalue weighted by Gasteiger charge is -2.38. The van der Waals surface area contributed by atoms with Gasteiger partial charge in [0, 0.05) is 12.1 Å². The summed E-state index contributed by atoms with van der Waals surface area (Å²) in [5.74, 6) is 0.834. The van der Waals surface area contributed by atoms with E-state index in [0.717, 1.165) is 43.8 Å². The molecule has 2 aliphatic heterocycles. The van der Waals surface area contributed by atoms with Gasteiger partial charge >= 0.3 is 6.03 Å². The smallest absolute Gasteiger partial charge is 0.322 e. The van der Waals surface area contributed by atoms with Crippen molar-refractivity contribution in [3.63, 3.8) is 0 Å². The van der Waals surface area contributed by atoms with Crippen molar-refractivity contribution in [2.24, 2.45) is 5.92 Å². The van der Waals surface area contributed by atoms with Crippen LogP contribution in [0.3, 0.4) is 0 Å². The van der Waals surface area contributed by atoms with E-state index in [1.165, 1.54) is 0 Å². The summed E-state index contributed by atoms with van der Waals surface area (Å²) >= 11 is 0. The number of para-hydroxylation sites is 1. The Labute approximate surface area is 148 Å². The molecule has 2 fully saturated rings. The Morgan fingerprint density at radius 3 is 2.68 bits per heavy atom. The van der Waals surface area contributed by atoms with Gasteiger partial charge in [0.15, 0.2) is 0 Å². The molecule has 25 heavy (non-hydrogen) atoms. The van der Waals surface area contributed by atoms with Gasteiger partial charge in [-0.1, -0.05) is 30.9 Å². The Morgan fingerprint density at radius 1 is 1.32 bits per heavy atom. The van der Waals surface area contributed by atoms with E-state index >= 15 is 0 Å². The van der Waals surface area contributed by atoms with E-state index in [4.69, 9.17) is 4.74 Å². The molecule has 0 spiro atoms. The second kappa shape index (κ2) is 7.27. The third-order valence-electron chi connectivity index (χ3n) is 5.20. The summed E-state index contributed by atoms with van der Waals surface area (Å²) < 4.78 is 5.73. The Kier molecular flexibility index (Phi) is 5.08. The lowest BCUT2D eigenvalue weighted by molar-refractivity contribution is -0.125. The molecule has 1 atom stereocenters. The van der Waals surface area contributed by atoms with Gasteiger partial charge in [0.2, 0.25) is 0 Å². The van der Waals surface area contributed by atoms with Gasteiger partial charge in [0.1, 0.15) is 17.9 Å². The maximum atomic E-state index is 12.1. The highest BCUT2D eigenvalue weighted by Crippen LogP contribution is 2.31. The molecule has 134 valence electrons. The van der Waals surface area contributed by atoms with Crippen LogP contribution in [-0.4, -0.2) is 42.1 Å². The van der Waals surface area contributed by atoms with E-state index < -0.39 is 5.54 Å². The predicted octanol–water partition coefficient (Wildman–Crippen LogP) is 2.06. The van der Waals surface area contributed by atoms with E-state index in [1.807, 2.05) is 25.1 Å². The van der Waals surface area contributed by atoms with Crippen LogP contribution in [0.25, 0.3) is 0 Å². The number of nitrogens with zero attached hydrogens (tertiary/aromatic N) is 1. The van der Waals surface area contributed by atoms with Crippen molar-refractivity contribution in [3.8, 4) is 5.75 Å². The monoisotopic (exact) mass is 343 g/mol. The van der Waals surface area contributed by atoms with Crippen molar-refractivity contribution >= 4 is 11.9 Å². The minimum atomic E-state index is -0.784. The predicted molar refractivity (Wildman–Crippen MR) is 95.2 cm³/mol. The van der Waals surface area contributed by atoms with Gasteiger partial charge in [-0.25, -0.2) is 4.79 Å². The number of carbonyl (C=O) groups excluding carboxylic acids is 2. The first kappa shape index (κ1) is 17.5. The third kappa shape index (κ3) is 3.69. The quantitative estimate of drug-likeness (QED) is 0.613. The molecule has 6 nitrogen and oxygen atoms in total. The second-order valence-corrected chi connectivity index (χ2v) is 6.87. The third-order valence-corrected chi connectivity index (χ3v) is 5.20. The van der Waals surface area contributed by atoms with Crippen LogP contribution in [-0.2, 0) is 11.3 Å². The fourth-order valence-corrected chi connectivity index (χ4v) is 3.68. The number of benzene rings is 1. The molecule has 0 aromatic heterocycles. The number of hydrogen-bond acceptors (Lipinski definition) is 4. The molecule has 2 N–H and O–H groups in total. The van der Waals surface area contributed by atoms with Gasteiger partial charge < -0.3 is 10.1 Å². The first-order valence-electron chi connectivity index (χ1n) is 8.70. The summed E-state index contributed by atoms with van der Waals surface area (Å²) in [7, 11) is 0. The Bertz CT molecular complexity index is 668. The molecule has 0 bridgehead atoms. The SMILES string of the molecule is C=CCOc1ccccc1CN1CCC([C@@]2(C)NC(=O)NC2=O)CC1. The molecule has 0 radical (unpaired) electrons. The molecule has 0 unspecified atom stereocenters. The average Bonchev–Trinajstić information content (AvgIpc) is 2.88. The van der Waals surface area contributed by atoms with E-state index in [0.29, 0.717) is 6.61 Å². The number of nitrogens with one attached hydrogen (secondary N) is 2. The van der Waals surface area contributed by atoms with E-state index in [-0.39, 0.29) is 17.9 Å². The largest absolute Gasteiger partial charge is 0.489 e. The lowest BCUT2D eigenvalue weighted by Crippen LogP contribution is -2.53. The molecule has 1 aromatic rings. The van der Waals surface area contributed by atoms with Crippen molar-refractivity contribution in [3.05, 3.63) is 42.5 Å². The summed E-state index contributed by atoms with van der Waals surface area (Å²) in [4.78, 5) is 25.9. The van der Waals surface area contributed by atoms with Crippen molar-refractivity contribution in [2.45, 2.75) is 31.8 Å². The Morgan fingerprint density at radius 2 is 2.04 bits per heavy atom. The van der Waals surface area contributed by atoms with Crippen molar-refractivity contribution in [1.29, 1.82) is 0 Å². The van der Waals surface area contributed by atoms with Gasteiger partial charge in [-0.2, -0.15) is 0 Å². The van der Waals surface area contributed by atoms with Crippen LogP contribution in [0.2, 0.25) is 0 Å². The topological polar surface area (TPSA) is 70.7 Å². The number of ether oxygens (including phenoxy) is 1. The van der Waals surface area contributed by atoms with Gasteiger partial charge in [-0.05, 0) is 44.8 Å². The highest BCUT2D eigenvalue weighted by Gasteiger charge is 2.48. The van der Waals surface area contributed by atoms with Crippen LogP contribution in [0.15, 0.2) is 36.9 Å². The number of amides is 3. The summed E-state index contributed by atoms with van der Waals surface area (Å²) in [6, 6.07) is 7.66. The summed E-state index contributed by atoms with van der Waals surface area (Å²) in [5, 5.41) is 5.15. The number of piperidine rings is 1. The molecule has 2 saturated heterocycles. The molecule has 0 aliphatic carbocycles. The van der Waals surface area contributed by atoms with Gasteiger partial charge in [0.25, 0.3) is 5.91 Å². The molecular weight excluding hydrogens is 318 g/mol. The molecule has 2 heterocycles. The van der Waals surface area contributed by atoms with E-state index in [1.54, 1.807) is 6.08 Å². The van der Waals surface area contributed by atoms with Crippen LogP contribution in [0.4, 0.5) is 4.79 Å². The average molecular weight is 343 g/mol. The van der Waals surface area contributed by atoms with Crippen molar-refractivity contribution < 1.29 is 14.3 Å². The lowest BCUT2D eigenvalue weighted by atomic mass is 9.79. The minimum Gasteiger partial charge on any atom is -0.489 e. The molecular formula is C19H25N3O3. The molecule has 1 aromatic carbocycles. The van der Waals surface area contributed by atoms with Crippen LogP contribution in [0.5, 0.6) is 5.75 Å². The molecule has 6 heteroatoms. The summed E-state index contributed by atoms with van der Waals surface area (Å²) in [6.07, 6.45) is 3.49. The van der Waals surface area contributed by atoms with Crippen molar-refractivity contribution in [1.82, 2.24) is 15.5 Å². The highest BCUT2D eigenvalue weighted by molar-refractivity contribution is 6.06. The standard InChI is InChI=1S/C19H25N3O3/c1-3-12-25-16-7-5-4-6-14(16)13-22-10-8-15(9-11-22)19(2)17(23)20-18(24)21-19/h3-7,15H,1,8-13H2,2H3,(H2,20,21,23,24)/t19-/m1/s1. The number of rotatable bonds is 6. The fourth-order valence-electron chi connectivity index (χ4n) is 3.68. The minimum absolute atomic E-state index is 0.155. The zero-order chi connectivity index (χ0) is 17.9. The maximum absolute atomic E-state index is 12.1. The number of hydrogen-bond donors (Lipinski definition) is 2. The number of urea groups is 1. The molecule has 2 aliphatic rings. The van der Waals surface area contributed by atoms with E-state index in [2.05, 4.69) is 28.2 Å². The number of likely N-dealkylation sites (tertiary alicyclic amines) is 1. The van der Waals surface area contributed by atoms with Crippen molar-refractivity contribution in [2.75, 3.05) is 19.7 Å². The number of imide groups is 1. The normalized spacial score (nSPS) is 24.7. The van der Waals surface area contributed by atoms with Crippen LogP contribution in [0, 0.1) is 5.92 Å². The molecule has 0 saturated carbocycles. The first-order chi connectivity index (χ1) is 12.0. The summed E-state index contributed by atoms with van der Waals surface area (Å²) in [6.45, 7) is 8.60. The summed E-state index contributed by atoms with van der Waals surface area (Å²) in [5.41, 5.74) is 0.370.